The predicted molar refractivity (Wildman–Crippen MR) is 189 cm³/mol. The van der Waals surface area contributed by atoms with Gasteiger partial charge in [-0.2, -0.15) is 0 Å². The molecule has 3 rings (SSSR count). The first kappa shape index (κ1) is 44.8. The van der Waals surface area contributed by atoms with Crippen LogP contribution in [0.15, 0.2) is 34.3 Å². The van der Waals surface area contributed by atoms with E-state index in [4.69, 9.17) is 29.8 Å². The second-order valence-electron chi connectivity index (χ2n) is 12.9. The van der Waals surface area contributed by atoms with Gasteiger partial charge in [-0.15, -0.1) is 0 Å². The number of aliphatic imine (C=N–C) groups is 2. The van der Waals surface area contributed by atoms with Gasteiger partial charge in [-0.05, 0) is 117 Å². The topological polar surface area (TPSA) is 145 Å². The number of hydrogen-bond acceptors (Lipinski definition) is 8. The normalized spacial score (nSPS) is 18.1. The van der Waals surface area contributed by atoms with Crippen LogP contribution in [0.5, 0.6) is 11.5 Å². The van der Waals surface area contributed by atoms with Gasteiger partial charge in [-0.1, -0.05) is 67.5 Å². The molecule has 0 aliphatic heterocycles. The van der Waals surface area contributed by atoms with Crippen molar-refractivity contribution in [1.29, 1.82) is 0 Å². The van der Waals surface area contributed by atoms with Crippen molar-refractivity contribution in [2.45, 2.75) is 150 Å². The number of hydrogen-bond donors (Lipinski definition) is 2. The number of carboxylic acid groups (broad SMARTS) is 2. The maximum atomic E-state index is 11.1. The molecule has 269 valence electrons. The molecule has 0 spiro atoms. The number of nitrogens with zero attached hydrogens (tertiary/aromatic N) is 2. The molecule has 2 aromatic carbocycles. The maximum absolute atomic E-state index is 11.1. The number of phenolic OH excluding ortho intramolecular Hbond substituents is 2. The molecule has 2 aromatic rings. The van der Waals surface area contributed by atoms with Crippen molar-refractivity contribution >= 4 is 24.4 Å². The molecule has 48 heavy (non-hydrogen) atoms. The number of benzene rings is 2. The molecule has 1 aliphatic carbocycles. The minimum atomic E-state index is -1.08. The average molecular weight is 710 g/mol. The SMILES string of the molecule is CC(=O)[O-].CC(=O)[O-].CCC(C)c1cc(C=NC2CCCC2N=Cc2cc(C(C)CC)cc(C(C)CC)c2O)c(O)c(C(C)CC)c1.[Co+2]. The van der Waals surface area contributed by atoms with Gasteiger partial charge in [0.1, 0.15) is 11.5 Å². The zero-order valence-electron chi connectivity index (χ0n) is 30.6. The Labute approximate surface area is 299 Å². The van der Waals surface area contributed by atoms with Crippen LogP contribution >= 0.6 is 0 Å². The quantitative estimate of drug-likeness (QED) is 0.225. The summed E-state index contributed by atoms with van der Waals surface area (Å²) in [4.78, 5) is 27.7. The molecule has 0 saturated heterocycles. The van der Waals surface area contributed by atoms with Crippen molar-refractivity contribution < 1.29 is 46.8 Å². The van der Waals surface area contributed by atoms with E-state index < -0.39 is 11.9 Å². The van der Waals surface area contributed by atoms with Crippen LogP contribution in [-0.2, 0) is 26.4 Å². The second-order valence-corrected chi connectivity index (χ2v) is 12.9. The van der Waals surface area contributed by atoms with Crippen LogP contribution in [0, 0.1) is 0 Å². The molecular formula is C39H58CoN2O6. The fraction of sp³-hybridized carbons (Fsp3) is 0.590. The van der Waals surface area contributed by atoms with Crippen molar-refractivity contribution in [3.05, 3.63) is 57.6 Å². The Kier molecular flexibility index (Phi) is 21.0. The standard InChI is InChI=1S/C35H52N2O2.2C2H4O2.Co/c1-9-22(5)26-16-28(34(38)30(18-26)24(7)11-3)20-36-32-14-13-15-33(32)37-21-29-17-27(23(6)10-2)19-31(35(29)39)25(8)12-4;2*1-2(3)4;/h16-25,32-33,38-39H,9-15H2,1-8H3;2*1H3,(H,3,4);/q;;;+2/p-2. The van der Waals surface area contributed by atoms with Gasteiger partial charge in [-0.3, -0.25) is 9.98 Å². The van der Waals surface area contributed by atoms with Crippen LogP contribution < -0.4 is 10.2 Å². The van der Waals surface area contributed by atoms with Gasteiger partial charge in [0.25, 0.3) is 0 Å². The first-order chi connectivity index (χ1) is 22.1. The summed E-state index contributed by atoms with van der Waals surface area (Å²) in [5.41, 5.74) is 6.20. The van der Waals surface area contributed by atoms with Crippen molar-refractivity contribution in [1.82, 2.24) is 0 Å². The van der Waals surface area contributed by atoms with E-state index in [9.17, 15) is 10.2 Å². The zero-order valence-corrected chi connectivity index (χ0v) is 31.7. The molecule has 2 N–H and O–H groups in total. The Morgan fingerprint density at radius 2 is 0.979 bits per heavy atom. The van der Waals surface area contributed by atoms with E-state index in [-0.39, 0.29) is 28.9 Å². The van der Waals surface area contributed by atoms with Gasteiger partial charge in [-0.25, -0.2) is 0 Å². The molecule has 1 aliphatic rings. The fourth-order valence-corrected chi connectivity index (χ4v) is 5.46. The summed E-state index contributed by atoms with van der Waals surface area (Å²) >= 11 is 0. The second kappa shape index (κ2) is 22.5. The predicted octanol–water partition coefficient (Wildman–Crippen LogP) is 7.12. The van der Waals surface area contributed by atoms with Crippen LogP contribution in [0.3, 0.4) is 0 Å². The van der Waals surface area contributed by atoms with Crippen LogP contribution in [-0.4, -0.2) is 46.7 Å². The third-order valence-electron chi connectivity index (χ3n) is 9.29. The van der Waals surface area contributed by atoms with Crippen molar-refractivity contribution in [3.63, 3.8) is 0 Å². The largest absolute Gasteiger partial charge is 2.00 e. The Bertz CT molecular complexity index is 1250. The number of aliphatic carboxylic acids is 2. The molecule has 1 radical (unpaired) electrons. The molecule has 8 nitrogen and oxygen atoms in total. The third kappa shape index (κ3) is 14.1. The molecule has 0 heterocycles. The molecular weight excluding hydrogens is 651 g/mol. The smallest absolute Gasteiger partial charge is 0.550 e. The summed E-state index contributed by atoms with van der Waals surface area (Å²) in [6.07, 6.45) is 10.9. The first-order valence-electron chi connectivity index (χ1n) is 17.3. The summed E-state index contributed by atoms with van der Waals surface area (Å²) in [5.74, 6) is 0.0191. The number of carbonyl (C=O) groups excluding carboxylic acids is 2. The summed E-state index contributed by atoms with van der Waals surface area (Å²) in [7, 11) is 0. The molecule has 0 amide bonds. The Morgan fingerprint density at radius 3 is 1.25 bits per heavy atom. The van der Waals surface area contributed by atoms with Crippen LogP contribution in [0.25, 0.3) is 0 Å². The van der Waals surface area contributed by atoms with Gasteiger partial charge in [0.05, 0.1) is 12.1 Å². The van der Waals surface area contributed by atoms with Crippen molar-refractivity contribution in [3.8, 4) is 11.5 Å². The number of aromatic hydroxyl groups is 2. The minimum absolute atomic E-state index is 0. The summed E-state index contributed by atoms with van der Waals surface area (Å²) < 4.78 is 0. The van der Waals surface area contributed by atoms with Gasteiger partial charge in [0, 0.05) is 35.5 Å². The molecule has 6 atom stereocenters. The van der Waals surface area contributed by atoms with Gasteiger partial charge in [0.15, 0.2) is 0 Å². The van der Waals surface area contributed by atoms with Crippen molar-refractivity contribution in [2.75, 3.05) is 0 Å². The van der Waals surface area contributed by atoms with E-state index in [1.807, 2.05) is 12.4 Å². The Balaban J connectivity index is 0.00000221. The van der Waals surface area contributed by atoms with E-state index >= 15 is 0 Å². The minimum Gasteiger partial charge on any atom is -0.550 e. The summed E-state index contributed by atoms with van der Waals surface area (Å²) in [5, 5.41) is 40.0. The monoisotopic (exact) mass is 709 g/mol. The number of carbonyl (C=O) groups is 2. The van der Waals surface area contributed by atoms with Gasteiger partial charge in [0.2, 0.25) is 0 Å². The molecule has 0 bridgehead atoms. The molecule has 9 heteroatoms. The first-order valence-corrected chi connectivity index (χ1v) is 17.3. The molecule has 0 aromatic heterocycles. The average Bonchev–Trinajstić information content (AvgIpc) is 3.48. The van der Waals surface area contributed by atoms with Crippen LogP contribution in [0.2, 0.25) is 0 Å². The third-order valence-corrected chi connectivity index (χ3v) is 9.29. The van der Waals surface area contributed by atoms with Gasteiger partial charge >= 0.3 is 16.8 Å². The van der Waals surface area contributed by atoms with Crippen LogP contribution in [0.1, 0.15) is 171 Å². The Morgan fingerprint density at radius 1 is 0.688 bits per heavy atom. The molecule has 1 fully saturated rings. The maximum Gasteiger partial charge on any atom is 2.00 e. The van der Waals surface area contributed by atoms with E-state index in [0.29, 0.717) is 35.2 Å². The van der Waals surface area contributed by atoms with Gasteiger partial charge < -0.3 is 30.0 Å². The Hall–Kier alpha value is -3.17. The van der Waals surface area contributed by atoms with Crippen molar-refractivity contribution in [2.24, 2.45) is 9.98 Å². The van der Waals surface area contributed by atoms with E-state index in [1.165, 1.54) is 11.1 Å². The summed E-state index contributed by atoms with van der Waals surface area (Å²) in [6, 6.07) is 8.75. The fourth-order valence-electron chi connectivity index (χ4n) is 5.46. The molecule has 6 unspecified atom stereocenters. The van der Waals surface area contributed by atoms with E-state index in [1.54, 1.807) is 0 Å². The summed E-state index contributed by atoms with van der Waals surface area (Å²) in [6.45, 7) is 19.5. The zero-order chi connectivity index (χ0) is 35.8. The number of rotatable bonds is 12. The van der Waals surface area contributed by atoms with E-state index in [0.717, 1.165) is 81.0 Å². The van der Waals surface area contributed by atoms with E-state index in [2.05, 4.69) is 79.7 Å². The van der Waals surface area contributed by atoms with Crippen LogP contribution in [0.4, 0.5) is 0 Å². The molecule has 1 saturated carbocycles. The number of carboxylic acids is 2. The number of phenols is 2.